The molecule has 0 aliphatic heterocycles. The molecule has 0 spiro atoms. The highest BCUT2D eigenvalue weighted by molar-refractivity contribution is 5.44. The summed E-state index contributed by atoms with van der Waals surface area (Å²) in [5, 5.41) is 9.93. The minimum atomic E-state index is 0.372. The smallest absolute Gasteiger partial charge is 0.119 e. The molecule has 0 saturated carbocycles. The Morgan fingerprint density at radius 2 is 1.94 bits per heavy atom. The molecule has 1 aliphatic carbocycles. The monoisotopic (exact) mass is 218 g/mol. The molecular formula is C15H22O. The van der Waals surface area contributed by atoms with Crippen LogP contribution in [0.4, 0.5) is 0 Å². The van der Waals surface area contributed by atoms with Crippen molar-refractivity contribution in [3.8, 4) is 5.75 Å². The Morgan fingerprint density at radius 1 is 1.25 bits per heavy atom. The number of hydrogen-bond donors (Lipinski definition) is 1. The van der Waals surface area contributed by atoms with Crippen LogP contribution < -0.4 is 0 Å². The molecule has 0 amide bonds. The van der Waals surface area contributed by atoms with Crippen LogP contribution in [0, 0.1) is 18.3 Å². The van der Waals surface area contributed by atoms with Crippen molar-refractivity contribution in [1.82, 2.24) is 0 Å². The van der Waals surface area contributed by atoms with E-state index in [-0.39, 0.29) is 0 Å². The molecule has 88 valence electrons. The minimum Gasteiger partial charge on any atom is -0.508 e. The summed E-state index contributed by atoms with van der Waals surface area (Å²) in [7, 11) is 0. The number of phenols is 1. The van der Waals surface area contributed by atoms with Crippen molar-refractivity contribution in [3.63, 3.8) is 0 Å². The number of aryl methyl sites for hydroxylation is 1. The third-order valence-electron chi connectivity index (χ3n) is 3.90. The largest absolute Gasteiger partial charge is 0.508 e. The van der Waals surface area contributed by atoms with Crippen LogP contribution in [0.5, 0.6) is 5.75 Å². The Bertz CT molecular complexity index is 399. The van der Waals surface area contributed by atoms with Gasteiger partial charge in [-0.2, -0.15) is 0 Å². The van der Waals surface area contributed by atoms with Crippen molar-refractivity contribution in [3.05, 3.63) is 28.8 Å². The van der Waals surface area contributed by atoms with Crippen molar-refractivity contribution in [1.29, 1.82) is 0 Å². The molecule has 0 aromatic heterocycles. The van der Waals surface area contributed by atoms with Gasteiger partial charge in [-0.25, -0.2) is 0 Å². The molecular weight excluding hydrogens is 196 g/mol. The van der Waals surface area contributed by atoms with E-state index in [1.54, 1.807) is 0 Å². The fourth-order valence-corrected chi connectivity index (χ4v) is 2.77. The zero-order valence-electron chi connectivity index (χ0n) is 10.8. The number of hydrogen-bond acceptors (Lipinski definition) is 1. The van der Waals surface area contributed by atoms with Crippen LogP contribution in [0.2, 0.25) is 0 Å². The molecule has 0 heterocycles. The molecule has 1 atom stereocenters. The number of benzene rings is 1. The summed E-state index contributed by atoms with van der Waals surface area (Å²) in [5.74, 6) is 1.24. The summed E-state index contributed by atoms with van der Waals surface area (Å²) < 4.78 is 0. The molecule has 1 aliphatic rings. The second kappa shape index (κ2) is 3.80. The molecule has 1 heteroatoms. The highest BCUT2D eigenvalue weighted by Crippen LogP contribution is 2.39. The first-order chi connectivity index (χ1) is 7.38. The Labute approximate surface area is 98.5 Å². The highest BCUT2D eigenvalue weighted by Gasteiger charge is 2.29. The van der Waals surface area contributed by atoms with E-state index in [4.69, 9.17) is 0 Å². The summed E-state index contributed by atoms with van der Waals surface area (Å²) >= 11 is 0. The van der Waals surface area contributed by atoms with E-state index < -0.39 is 0 Å². The van der Waals surface area contributed by atoms with Crippen molar-refractivity contribution in [2.75, 3.05) is 0 Å². The zero-order valence-corrected chi connectivity index (χ0v) is 10.8. The van der Waals surface area contributed by atoms with E-state index in [1.807, 2.05) is 6.07 Å². The predicted molar refractivity (Wildman–Crippen MR) is 67.8 cm³/mol. The number of rotatable bonds is 0. The molecule has 16 heavy (non-hydrogen) atoms. The summed E-state index contributed by atoms with van der Waals surface area (Å²) in [4.78, 5) is 0. The summed E-state index contributed by atoms with van der Waals surface area (Å²) in [6.45, 7) is 9.01. The third-order valence-corrected chi connectivity index (χ3v) is 3.90. The Hall–Kier alpha value is -0.980. The van der Waals surface area contributed by atoms with Crippen molar-refractivity contribution >= 4 is 0 Å². The van der Waals surface area contributed by atoms with Gasteiger partial charge in [-0.15, -0.1) is 0 Å². The second-order valence-electron chi connectivity index (χ2n) is 6.23. The van der Waals surface area contributed by atoms with Crippen LogP contribution in [0.25, 0.3) is 0 Å². The second-order valence-corrected chi connectivity index (χ2v) is 6.23. The van der Waals surface area contributed by atoms with Gasteiger partial charge in [0.1, 0.15) is 5.75 Å². The first-order valence-electron chi connectivity index (χ1n) is 6.19. The SMILES string of the molecule is Cc1cc(O)c2c(c1)CC(C(C)(C)C)CC2. The van der Waals surface area contributed by atoms with E-state index in [9.17, 15) is 5.11 Å². The molecule has 0 fully saturated rings. The van der Waals surface area contributed by atoms with E-state index in [0.717, 1.165) is 18.8 Å². The van der Waals surface area contributed by atoms with Crippen LogP contribution in [-0.4, -0.2) is 5.11 Å². The molecule has 2 rings (SSSR count). The Morgan fingerprint density at radius 3 is 2.56 bits per heavy atom. The average molecular weight is 218 g/mol. The van der Waals surface area contributed by atoms with Crippen molar-refractivity contribution in [2.24, 2.45) is 11.3 Å². The normalized spacial score (nSPS) is 20.6. The molecule has 1 aromatic carbocycles. The van der Waals surface area contributed by atoms with Gasteiger partial charge in [-0.1, -0.05) is 26.8 Å². The maximum absolute atomic E-state index is 9.93. The van der Waals surface area contributed by atoms with Gasteiger partial charge >= 0.3 is 0 Å². The molecule has 0 bridgehead atoms. The maximum Gasteiger partial charge on any atom is 0.119 e. The maximum atomic E-state index is 9.93. The van der Waals surface area contributed by atoms with Crippen LogP contribution in [0.3, 0.4) is 0 Å². The van der Waals surface area contributed by atoms with Crippen LogP contribution in [-0.2, 0) is 12.8 Å². The summed E-state index contributed by atoms with van der Waals surface area (Å²) in [6.07, 6.45) is 3.35. The molecule has 1 nitrogen and oxygen atoms in total. The molecule has 0 radical (unpaired) electrons. The first kappa shape index (κ1) is 11.5. The number of fused-ring (bicyclic) bond motifs is 1. The lowest BCUT2D eigenvalue weighted by Gasteiger charge is -2.35. The van der Waals surface area contributed by atoms with Gasteiger partial charge < -0.3 is 5.11 Å². The third kappa shape index (κ3) is 2.09. The summed E-state index contributed by atoms with van der Waals surface area (Å²) in [6, 6.07) is 4.13. The van der Waals surface area contributed by atoms with Crippen molar-refractivity contribution in [2.45, 2.75) is 47.0 Å². The van der Waals surface area contributed by atoms with Gasteiger partial charge in [0.15, 0.2) is 0 Å². The predicted octanol–water partition coefficient (Wildman–Crippen LogP) is 3.85. The fourth-order valence-electron chi connectivity index (χ4n) is 2.77. The zero-order chi connectivity index (χ0) is 11.9. The van der Waals surface area contributed by atoms with E-state index in [1.165, 1.54) is 23.1 Å². The van der Waals surface area contributed by atoms with Gasteiger partial charge in [-0.05, 0) is 60.3 Å². The van der Waals surface area contributed by atoms with Gasteiger partial charge in [0.05, 0.1) is 0 Å². The van der Waals surface area contributed by atoms with Crippen molar-refractivity contribution < 1.29 is 5.11 Å². The van der Waals surface area contributed by atoms with Gasteiger partial charge in [0.2, 0.25) is 0 Å². The molecule has 0 saturated heterocycles. The highest BCUT2D eigenvalue weighted by atomic mass is 16.3. The average Bonchev–Trinajstić information content (AvgIpc) is 2.15. The van der Waals surface area contributed by atoms with E-state index >= 15 is 0 Å². The topological polar surface area (TPSA) is 20.2 Å². The Kier molecular flexibility index (Phi) is 2.73. The lowest BCUT2D eigenvalue weighted by Crippen LogP contribution is -2.27. The summed E-state index contributed by atoms with van der Waals surface area (Å²) in [5.41, 5.74) is 4.09. The number of phenolic OH excluding ortho intramolecular Hbond substituents is 1. The lowest BCUT2D eigenvalue weighted by molar-refractivity contribution is 0.215. The lowest BCUT2D eigenvalue weighted by atomic mass is 9.70. The molecule has 1 aromatic rings. The minimum absolute atomic E-state index is 0.372. The first-order valence-corrected chi connectivity index (χ1v) is 6.19. The van der Waals surface area contributed by atoms with Gasteiger partial charge in [-0.3, -0.25) is 0 Å². The fraction of sp³-hybridized carbons (Fsp3) is 0.600. The molecule has 1 N–H and O–H groups in total. The quantitative estimate of drug-likeness (QED) is 0.701. The standard InChI is InChI=1S/C15H22O/c1-10-7-11-9-12(15(2,3)4)5-6-13(11)14(16)8-10/h7-8,12,16H,5-6,9H2,1-4H3. The van der Waals surface area contributed by atoms with Crippen LogP contribution in [0.1, 0.15) is 43.9 Å². The number of aromatic hydroxyl groups is 1. The van der Waals surface area contributed by atoms with Gasteiger partial charge in [0.25, 0.3) is 0 Å². The molecule has 1 unspecified atom stereocenters. The Balaban J connectivity index is 2.34. The van der Waals surface area contributed by atoms with Crippen LogP contribution >= 0.6 is 0 Å². The van der Waals surface area contributed by atoms with E-state index in [0.29, 0.717) is 11.2 Å². The van der Waals surface area contributed by atoms with Crippen LogP contribution in [0.15, 0.2) is 12.1 Å². The van der Waals surface area contributed by atoms with E-state index in [2.05, 4.69) is 33.8 Å². The van der Waals surface area contributed by atoms with Gasteiger partial charge in [0, 0.05) is 0 Å².